The quantitative estimate of drug-likeness (QED) is 0.890. The molecule has 1 aromatic heterocycles. The molecular formula is C13H20N2O3. The Labute approximate surface area is 107 Å². The van der Waals surface area contributed by atoms with Crippen LogP contribution < -0.4 is 4.90 Å². The first-order valence-electron chi connectivity index (χ1n) is 6.40. The van der Waals surface area contributed by atoms with Crippen LogP contribution in [0.3, 0.4) is 0 Å². The van der Waals surface area contributed by atoms with E-state index < -0.39 is 5.97 Å². The van der Waals surface area contributed by atoms with Crippen LogP contribution in [0.15, 0.2) is 16.5 Å². The van der Waals surface area contributed by atoms with E-state index in [9.17, 15) is 4.79 Å². The molecule has 1 atom stereocenters. The van der Waals surface area contributed by atoms with Crippen LogP contribution in [0, 0.1) is 0 Å². The first kappa shape index (κ1) is 13.0. The smallest absolute Gasteiger partial charge is 0.371 e. The second-order valence-corrected chi connectivity index (χ2v) is 4.81. The predicted octanol–water partition coefficient (Wildman–Crippen LogP) is 1.90. The number of hydrogen-bond acceptors (Lipinski definition) is 4. The molecule has 1 unspecified atom stereocenters. The molecule has 0 saturated carbocycles. The number of nitrogens with zero attached hydrogens (tertiary/aromatic N) is 2. The molecule has 18 heavy (non-hydrogen) atoms. The Hall–Kier alpha value is -1.49. The zero-order valence-corrected chi connectivity index (χ0v) is 10.9. The molecule has 1 saturated heterocycles. The number of carboxylic acid groups (broad SMARTS) is 1. The number of anilines is 1. The Morgan fingerprint density at radius 3 is 2.89 bits per heavy atom. The number of rotatable bonds is 3. The third-order valence-corrected chi connectivity index (χ3v) is 3.46. The van der Waals surface area contributed by atoms with E-state index in [-0.39, 0.29) is 5.76 Å². The number of furan rings is 1. The average molecular weight is 252 g/mol. The van der Waals surface area contributed by atoms with Crippen LogP contribution in [0.5, 0.6) is 0 Å². The highest BCUT2D eigenvalue weighted by Gasteiger charge is 2.25. The van der Waals surface area contributed by atoms with Gasteiger partial charge in [0.1, 0.15) is 0 Å². The molecule has 0 bridgehead atoms. The molecule has 2 rings (SSSR count). The van der Waals surface area contributed by atoms with Gasteiger partial charge in [0.25, 0.3) is 0 Å². The fraction of sp³-hybridized carbons (Fsp3) is 0.615. The van der Waals surface area contributed by atoms with E-state index in [0.29, 0.717) is 11.9 Å². The summed E-state index contributed by atoms with van der Waals surface area (Å²) in [6.07, 6.45) is 2.09. The maximum absolute atomic E-state index is 10.8. The van der Waals surface area contributed by atoms with E-state index in [4.69, 9.17) is 9.52 Å². The van der Waals surface area contributed by atoms with E-state index in [1.807, 2.05) is 0 Å². The molecular weight excluding hydrogens is 232 g/mol. The highest BCUT2D eigenvalue weighted by Crippen LogP contribution is 2.24. The number of hydrogen-bond donors (Lipinski definition) is 1. The Balaban J connectivity index is 2.20. The minimum absolute atomic E-state index is 0.0115. The summed E-state index contributed by atoms with van der Waals surface area (Å²) >= 11 is 0. The van der Waals surface area contributed by atoms with Crippen LogP contribution in [-0.2, 0) is 0 Å². The minimum Gasteiger partial charge on any atom is -0.475 e. The summed E-state index contributed by atoms with van der Waals surface area (Å²) in [5.41, 5.74) is 0. The Morgan fingerprint density at radius 2 is 2.28 bits per heavy atom. The first-order chi connectivity index (χ1) is 8.61. The molecule has 5 heteroatoms. The lowest BCUT2D eigenvalue weighted by Gasteiger charge is -2.29. The molecule has 0 amide bonds. The summed E-state index contributed by atoms with van der Waals surface area (Å²) in [5.74, 6) is -0.326. The monoisotopic (exact) mass is 252 g/mol. The predicted molar refractivity (Wildman–Crippen MR) is 69.2 cm³/mol. The highest BCUT2D eigenvalue weighted by molar-refractivity contribution is 5.84. The fourth-order valence-corrected chi connectivity index (χ4v) is 2.48. The Morgan fingerprint density at radius 1 is 1.50 bits per heavy atom. The lowest BCUT2D eigenvalue weighted by molar-refractivity contribution is 0.0663. The Kier molecular flexibility index (Phi) is 3.91. The van der Waals surface area contributed by atoms with Gasteiger partial charge in [0.05, 0.1) is 0 Å². The lowest BCUT2D eigenvalue weighted by Crippen LogP contribution is -2.39. The van der Waals surface area contributed by atoms with Crippen LogP contribution >= 0.6 is 0 Å². The second-order valence-electron chi connectivity index (χ2n) is 4.81. The van der Waals surface area contributed by atoms with Crippen molar-refractivity contribution in [2.75, 3.05) is 31.6 Å². The molecule has 1 aromatic rings. The topological polar surface area (TPSA) is 56.9 Å². The molecule has 0 spiro atoms. The highest BCUT2D eigenvalue weighted by atomic mass is 16.4. The minimum atomic E-state index is -1.01. The molecule has 0 aromatic carbocycles. The number of carboxylic acids is 1. The van der Waals surface area contributed by atoms with Crippen molar-refractivity contribution in [3.05, 3.63) is 17.9 Å². The van der Waals surface area contributed by atoms with Crippen molar-refractivity contribution in [2.45, 2.75) is 25.8 Å². The van der Waals surface area contributed by atoms with Crippen molar-refractivity contribution in [1.82, 2.24) is 4.90 Å². The van der Waals surface area contributed by atoms with Crippen LogP contribution in [0.2, 0.25) is 0 Å². The average Bonchev–Trinajstić information content (AvgIpc) is 2.74. The standard InChI is InChI=1S/C13H20N2O3/c1-3-10-9-14(2)7-4-8-15(10)12-6-5-11(18-12)13(16)17/h5-6,10H,3-4,7-9H2,1-2H3,(H,16,17). The molecule has 0 aliphatic carbocycles. The largest absolute Gasteiger partial charge is 0.475 e. The van der Waals surface area contributed by atoms with Gasteiger partial charge in [-0.25, -0.2) is 4.79 Å². The van der Waals surface area contributed by atoms with E-state index in [1.54, 1.807) is 6.07 Å². The summed E-state index contributed by atoms with van der Waals surface area (Å²) in [4.78, 5) is 15.4. The van der Waals surface area contributed by atoms with Crippen molar-refractivity contribution in [3.63, 3.8) is 0 Å². The van der Waals surface area contributed by atoms with E-state index in [1.165, 1.54) is 6.07 Å². The summed E-state index contributed by atoms with van der Waals surface area (Å²) in [7, 11) is 2.12. The maximum Gasteiger partial charge on any atom is 0.371 e. The van der Waals surface area contributed by atoms with E-state index >= 15 is 0 Å². The molecule has 1 N–H and O–H groups in total. The van der Waals surface area contributed by atoms with Gasteiger partial charge in [-0.1, -0.05) is 6.92 Å². The van der Waals surface area contributed by atoms with Gasteiger partial charge in [-0.2, -0.15) is 0 Å². The first-order valence-corrected chi connectivity index (χ1v) is 6.40. The van der Waals surface area contributed by atoms with Crippen molar-refractivity contribution < 1.29 is 14.3 Å². The number of aromatic carboxylic acids is 1. The number of carbonyl (C=O) groups is 1. The molecule has 0 radical (unpaired) electrons. The van der Waals surface area contributed by atoms with Gasteiger partial charge in [0, 0.05) is 25.2 Å². The van der Waals surface area contributed by atoms with Crippen molar-refractivity contribution in [3.8, 4) is 0 Å². The Bertz CT molecular complexity index is 416. The molecule has 100 valence electrons. The van der Waals surface area contributed by atoms with Gasteiger partial charge in [0.2, 0.25) is 5.76 Å². The summed E-state index contributed by atoms with van der Waals surface area (Å²) in [5, 5.41) is 8.90. The zero-order valence-electron chi connectivity index (χ0n) is 10.9. The van der Waals surface area contributed by atoms with E-state index in [2.05, 4.69) is 23.8 Å². The third kappa shape index (κ3) is 2.67. The van der Waals surface area contributed by atoms with Crippen LogP contribution in [0.4, 0.5) is 5.88 Å². The number of likely N-dealkylation sites (N-methyl/N-ethyl adjacent to an activating group) is 1. The van der Waals surface area contributed by atoms with E-state index in [0.717, 1.165) is 32.5 Å². The van der Waals surface area contributed by atoms with Crippen LogP contribution in [0.25, 0.3) is 0 Å². The van der Waals surface area contributed by atoms with Crippen molar-refractivity contribution in [1.29, 1.82) is 0 Å². The molecule has 2 heterocycles. The zero-order chi connectivity index (χ0) is 13.1. The SMILES string of the molecule is CCC1CN(C)CCCN1c1ccc(C(=O)O)o1. The second kappa shape index (κ2) is 5.44. The normalized spacial score (nSPS) is 21.9. The van der Waals surface area contributed by atoms with Crippen LogP contribution in [-0.4, -0.2) is 48.7 Å². The van der Waals surface area contributed by atoms with Gasteiger partial charge >= 0.3 is 5.97 Å². The third-order valence-electron chi connectivity index (χ3n) is 3.46. The van der Waals surface area contributed by atoms with Gasteiger partial charge in [-0.15, -0.1) is 0 Å². The van der Waals surface area contributed by atoms with Crippen molar-refractivity contribution in [2.24, 2.45) is 0 Å². The van der Waals surface area contributed by atoms with Crippen LogP contribution in [0.1, 0.15) is 30.3 Å². The van der Waals surface area contributed by atoms with Gasteiger partial charge in [0.15, 0.2) is 5.88 Å². The van der Waals surface area contributed by atoms with Gasteiger partial charge in [-0.05, 0) is 32.5 Å². The summed E-state index contributed by atoms with van der Waals surface area (Å²) in [6, 6.07) is 3.67. The summed E-state index contributed by atoms with van der Waals surface area (Å²) in [6.45, 7) is 5.12. The lowest BCUT2D eigenvalue weighted by atomic mass is 10.2. The molecule has 1 aliphatic rings. The van der Waals surface area contributed by atoms with Gasteiger partial charge in [-0.3, -0.25) is 0 Å². The molecule has 1 aliphatic heterocycles. The molecule has 5 nitrogen and oxygen atoms in total. The molecule has 1 fully saturated rings. The summed E-state index contributed by atoms with van der Waals surface area (Å²) < 4.78 is 5.42. The fourth-order valence-electron chi connectivity index (χ4n) is 2.48. The van der Waals surface area contributed by atoms with Crippen molar-refractivity contribution >= 4 is 11.9 Å². The maximum atomic E-state index is 10.8. The van der Waals surface area contributed by atoms with Gasteiger partial charge < -0.3 is 19.3 Å².